The van der Waals surface area contributed by atoms with Crippen molar-refractivity contribution in [1.82, 2.24) is 9.38 Å². The molecule has 17 heavy (non-hydrogen) atoms. The van der Waals surface area contributed by atoms with Crippen LogP contribution in [0.2, 0.25) is 5.15 Å². The molecule has 0 radical (unpaired) electrons. The van der Waals surface area contributed by atoms with Crippen LogP contribution in [0.5, 0.6) is 0 Å². The van der Waals surface area contributed by atoms with Gasteiger partial charge in [0.1, 0.15) is 5.82 Å². The van der Waals surface area contributed by atoms with Crippen LogP contribution in [0.3, 0.4) is 0 Å². The van der Waals surface area contributed by atoms with Gasteiger partial charge in [-0.1, -0.05) is 27.5 Å². The number of rotatable bonds is 4. The molecule has 0 aliphatic heterocycles. The van der Waals surface area contributed by atoms with E-state index in [-0.39, 0.29) is 6.42 Å². The van der Waals surface area contributed by atoms with Crippen molar-refractivity contribution in [2.45, 2.75) is 19.3 Å². The van der Waals surface area contributed by atoms with Crippen molar-refractivity contribution < 1.29 is 9.90 Å². The fraction of sp³-hybridized carbons (Fsp3) is 0.273. The number of pyridine rings is 1. The molecule has 0 atom stereocenters. The molecule has 0 saturated heterocycles. The highest BCUT2D eigenvalue weighted by Gasteiger charge is 2.09. The normalized spacial score (nSPS) is 10.9. The number of aliphatic carboxylic acids is 1. The second-order valence-corrected chi connectivity index (χ2v) is 4.94. The monoisotopic (exact) mass is 316 g/mol. The molecule has 2 heterocycles. The fourth-order valence-electron chi connectivity index (χ4n) is 1.66. The van der Waals surface area contributed by atoms with E-state index < -0.39 is 5.97 Å². The molecule has 2 aromatic heterocycles. The summed E-state index contributed by atoms with van der Waals surface area (Å²) in [6.07, 6.45) is 3.17. The molecule has 0 fully saturated rings. The van der Waals surface area contributed by atoms with Crippen molar-refractivity contribution in [3.8, 4) is 0 Å². The van der Waals surface area contributed by atoms with Gasteiger partial charge in [0.25, 0.3) is 0 Å². The molecule has 4 nitrogen and oxygen atoms in total. The Morgan fingerprint density at radius 1 is 1.59 bits per heavy atom. The van der Waals surface area contributed by atoms with Gasteiger partial charge >= 0.3 is 5.97 Å². The molecule has 2 rings (SSSR count). The number of aryl methyl sites for hydroxylation is 1. The second kappa shape index (κ2) is 5.06. The molecule has 0 aliphatic rings. The lowest BCUT2D eigenvalue weighted by atomic mass is 10.2. The van der Waals surface area contributed by atoms with Crippen LogP contribution < -0.4 is 0 Å². The maximum absolute atomic E-state index is 10.4. The summed E-state index contributed by atoms with van der Waals surface area (Å²) in [5.41, 5.74) is 0.825. The maximum Gasteiger partial charge on any atom is 0.303 e. The number of nitrogens with zero attached hydrogens (tertiary/aromatic N) is 2. The minimum atomic E-state index is -0.792. The lowest BCUT2D eigenvalue weighted by molar-refractivity contribution is -0.137. The molecule has 90 valence electrons. The average Bonchev–Trinajstić information content (AvgIpc) is 2.55. The fourth-order valence-corrected chi connectivity index (χ4v) is 2.24. The Bertz CT molecular complexity index is 568. The number of hydrogen-bond donors (Lipinski definition) is 1. The molecule has 6 heteroatoms. The van der Waals surface area contributed by atoms with E-state index in [0.29, 0.717) is 18.0 Å². The van der Waals surface area contributed by atoms with Gasteiger partial charge in [-0.05, 0) is 18.6 Å². The van der Waals surface area contributed by atoms with Gasteiger partial charge in [-0.15, -0.1) is 0 Å². The standard InChI is InChI=1S/C11H10BrClN2O2/c12-7-4-5-15-8(6-7)11(13)14-9(15)2-1-3-10(16)17/h4-6H,1-3H2,(H,16,17). The molecular weight excluding hydrogens is 307 g/mol. The first-order valence-corrected chi connectivity index (χ1v) is 6.29. The van der Waals surface area contributed by atoms with Gasteiger partial charge in [-0.25, -0.2) is 4.98 Å². The number of halogens is 2. The van der Waals surface area contributed by atoms with Crippen molar-refractivity contribution in [3.63, 3.8) is 0 Å². The maximum atomic E-state index is 10.4. The second-order valence-electron chi connectivity index (χ2n) is 3.67. The topological polar surface area (TPSA) is 54.6 Å². The number of imidazole rings is 1. The molecule has 0 bridgehead atoms. The highest BCUT2D eigenvalue weighted by Crippen LogP contribution is 2.22. The first kappa shape index (κ1) is 12.4. The summed E-state index contributed by atoms with van der Waals surface area (Å²) in [6, 6.07) is 3.78. The van der Waals surface area contributed by atoms with Crippen molar-refractivity contribution in [2.75, 3.05) is 0 Å². The average molecular weight is 318 g/mol. The summed E-state index contributed by atoms with van der Waals surface area (Å²) in [6.45, 7) is 0. The summed E-state index contributed by atoms with van der Waals surface area (Å²) in [7, 11) is 0. The van der Waals surface area contributed by atoms with Crippen LogP contribution in [0, 0.1) is 0 Å². The highest BCUT2D eigenvalue weighted by atomic mass is 79.9. The Kier molecular flexibility index (Phi) is 3.69. The quantitative estimate of drug-likeness (QED) is 0.942. The molecular formula is C11H10BrClN2O2. The molecule has 0 aromatic carbocycles. The third kappa shape index (κ3) is 2.79. The third-order valence-electron chi connectivity index (χ3n) is 2.42. The number of carbonyl (C=O) groups is 1. The van der Waals surface area contributed by atoms with Crippen LogP contribution in [-0.4, -0.2) is 20.5 Å². The first-order chi connectivity index (χ1) is 8.08. The summed E-state index contributed by atoms with van der Waals surface area (Å²) in [5, 5.41) is 9.03. The lowest BCUT2D eigenvalue weighted by Crippen LogP contribution is -1.99. The van der Waals surface area contributed by atoms with Gasteiger partial charge in [0.2, 0.25) is 0 Å². The molecule has 0 aliphatic carbocycles. The molecule has 2 aromatic rings. The number of carboxylic acid groups (broad SMARTS) is 1. The van der Waals surface area contributed by atoms with Gasteiger partial charge in [-0.3, -0.25) is 4.79 Å². The lowest BCUT2D eigenvalue weighted by Gasteiger charge is -2.00. The van der Waals surface area contributed by atoms with Crippen LogP contribution in [0.25, 0.3) is 5.52 Å². The smallest absolute Gasteiger partial charge is 0.303 e. The van der Waals surface area contributed by atoms with E-state index in [1.54, 1.807) is 0 Å². The zero-order valence-corrected chi connectivity index (χ0v) is 11.2. The zero-order valence-electron chi connectivity index (χ0n) is 8.86. The SMILES string of the molecule is O=C(O)CCCc1nc(Cl)c2cc(Br)ccn12. The van der Waals surface area contributed by atoms with Gasteiger partial charge in [0, 0.05) is 23.5 Å². The summed E-state index contributed by atoms with van der Waals surface area (Å²) >= 11 is 9.39. The molecule has 0 saturated carbocycles. The van der Waals surface area contributed by atoms with E-state index in [4.69, 9.17) is 16.7 Å². The van der Waals surface area contributed by atoms with Crippen molar-refractivity contribution in [2.24, 2.45) is 0 Å². The van der Waals surface area contributed by atoms with Crippen LogP contribution in [0.4, 0.5) is 0 Å². The molecule has 0 amide bonds. The van der Waals surface area contributed by atoms with E-state index in [1.807, 2.05) is 22.7 Å². The van der Waals surface area contributed by atoms with E-state index in [9.17, 15) is 4.79 Å². The minimum Gasteiger partial charge on any atom is -0.481 e. The van der Waals surface area contributed by atoms with Gasteiger partial charge in [0.15, 0.2) is 5.15 Å². The van der Waals surface area contributed by atoms with E-state index >= 15 is 0 Å². The number of aromatic nitrogens is 2. The number of fused-ring (bicyclic) bond motifs is 1. The number of hydrogen-bond acceptors (Lipinski definition) is 2. The largest absolute Gasteiger partial charge is 0.481 e. The highest BCUT2D eigenvalue weighted by molar-refractivity contribution is 9.10. The van der Waals surface area contributed by atoms with Crippen molar-refractivity contribution >= 4 is 39.0 Å². The summed E-state index contributed by atoms with van der Waals surface area (Å²) in [5.74, 6) is -0.00143. The molecule has 0 spiro atoms. The van der Waals surface area contributed by atoms with Crippen LogP contribution in [-0.2, 0) is 11.2 Å². The van der Waals surface area contributed by atoms with Crippen LogP contribution >= 0.6 is 27.5 Å². The third-order valence-corrected chi connectivity index (χ3v) is 3.20. The Labute approximate surface area is 111 Å². The summed E-state index contributed by atoms with van der Waals surface area (Å²) in [4.78, 5) is 14.7. The van der Waals surface area contributed by atoms with Gasteiger partial charge < -0.3 is 9.51 Å². The Morgan fingerprint density at radius 2 is 2.35 bits per heavy atom. The first-order valence-electron chi connectivity index (χ1n) is 5.11. The Morgan fingerprint density at radius 3 is 3.06 bits per heavy atom. The van der Waals surface area contributed by atoms with E-state index in [0.717, 1.165) is 15.8 Å². The van der Waals surface area contributed by atoms with E-state index in [2.05, 4.69) is 20.9 Å². The van der Waals surface area contributed by atoms with Crippen LogP contribution in [0.15, 0.2) is 22.8 Å². The van der Waals surface area contributed by atoms with Gasteiger partial charge in [-0.2, -0.15) is 0 Å². The van der Waals surface area contributed by atoms with Crippen molar-refractivity contribution in [3.05, 3.63) is 33.8 Å². The Balaban J connectivity index is 2.26. The predicted molar refractivity (Wildman–Crippen MR) is 68.5 cm³/mol. The van der Waals surface area contributed by atoms with Crippen molar-refractivity contribution in [1.29, 1.82) is 0 Å². The predicted octanol–water partition coefficient (Wildman–Crippen LogP) is 3.16. The molecule has 0 unspecified atom stereocenters. The zero-order chi connectivity index (χ0) is 12.4. The number of carboxylic acids is 1. The van der Waals surface area contributed by atoms with Gasteiger partial charge in [0.05, 0.1) is 5.52 Å². The minimum absolute atomic E-state index is 0.142. The summed E-state index contributed by atoms with van der Waals surface area (Å²) < 4.78 is 2.82. The van der Waals surface area contributed by atoms with E-state index in [1.165, 1.54) is 0 Å². The van der Waals surface area contributed by atoms with Crippen LogP contribution in [0.1, 0.15) is 18.7 Å². The Hall–Kier alpha value is -1.07. The molecule has 1 N–H and O–H groups in total.